The monoisotopic (exact) mass is 228 g/mol. The highest BCUT2D eigenvalue weighted by Gasteiger charge is 2.06. The summed E-state index contributed by atoms with van der Waals surface area (Å²) in [5.41, 5.74) is 3.88. The molecule has 0 heterocycles. The summed E-state index contributed by atoms with van der Waals surface area (Å²) in [6.07, 6.45) is 3.18. The zero-order valence-corrected chi connectivity index (χ0v) is 10.9. The Balaban J connectivity index is 2.65. The normalized spacial score (nSPS) is 10.9. The van der Waals surface area contributed by atoms with Crippen LogP contribution in [-0.2, 0) is 0 Å². The van der Waals surface area contributed by atoms with E-state index in [2.05, 4.69) is 31.1 Å². The number of ketones is 1. The fourth-order valence-electron chi connectivity index (χ4n) is 1.07. The molecule has 0 unspecified atom stereocenters. The van der Waals surface area contributed by atoms with Gasteiger partial charge in [0.1, 0.15) is 8.07 Å². The third kappa shape index (κ3) is 4.76. The Morgan fingerprint density at radius 2 is 1.81 bits per heavy atom. The Bertz CT molecular complexity index is 441. The van der Waals surface area contributed by atoms with Crippen LogP contribution in [0.15, 0.2) is 42.5 Å². The molecule has 0 radical (unpaired) electrons. The number of carbonyl (C=O) groups is 1. The number of benzene rings is 1. The van der Waals surface area contributed by atoms with E-state index in [1.165, 1.54) is 6.08 Å². The average Bonchev–Trinajstić information content (AvgIpc) is 2.24. The molecule has 0 fully saturated rings. The molecule has 0 saturated carbocycles. The van der Waals surface area contributed by atoms with Gasteiger partial charge in [-0.15, -0.1) is 5.54 Å². The van der Waals surface area contributed by atoms with Crippen LogP contribution in [0.3, 0.4) is 0 Å². The quantitative estimate of drug-likeness (QED) is 0.328. The number of allylic oxidation sites excluding steroid dienone is 2. The molecule has 0 spiro atoms. The molecule has 0 aliphatic heterocycles. The van der Waals surface area contributed by atoms with Gasteiger partial charge < -0.3 is 0 Å². The van der Waals surface area contributed by atoms with Gasteiger partial charge in [0.05, 0.1) is 0 Å². The predicted molar refractivity (Wildman–Crippen MR) is 71.0 cm³/mol. The van der Waals surface area contributed by atoms with Gasteiger partial charge in [0.15, 0.2) is 5.78 Å². The maximum absolute atomic E-state index is 11.6. The lowest BCUT2D eigenvalue weighted by Crippen LogP contribution is -2.16. The molecule has 0 amide bonds. The maximum Gasteiger partial charge on any atom is 0.186 e. The standard InChI is InChI=1S/C14H16OSi/c1-16(2,3)12-8-7-11-14(15)13-9-5-4-6-10-13/h4-7,9-11H,1-3H3/b11-7-. The second-order valence-electron chi connectivity index (χ2n) is 4.58. The summed E-state index contributed by atoms with van der Waals surface area (Å²) in [5.74, 6) is 2.94. The third-order valence-electron chi connectivity index (χ3n) is 1.82. The summed E-state index contributed by atoms with van der Waals surface area (Å²) >= 11 is 0. The zero-order chi connectivity index (χ0) is 12.0. The summed E-state index contributed by atoms with van der Waals surface area (Å²) in [6.45, 7) is 6.52. The van der Waals surface area contributed by atoms with Crippen molar-refractivity contribution in [3.8, 4) is 11.5 Å². The second kappa shape index (κ2) is 5.48. The molecule has 1 rings (SSSR count). The molecular weight excluding hydrogens is 212 g/mol. The van der Waals surface area contributed by atoms with Crippen molar-refractivity contribution in [2.45, 2.75) is 19.6 Å². The first-order valence-electron chi connectivity index (χ1n) is 5.28. The van der Waals surface area contributed by atoms with E-state index in [0.717, 1.165) is 0 Å². The van der Waals surface area contributed by atoms with Gasteiger partial charge in [0.25, 0.3) is 0 Å². The van der Waals surface area contributed by atoms with E-state index in [4.69, 9.17) is 0 Å². The predicted octanol–water partition coefficient (Wildman–Crippen LogP) is 3.31. The number of carbonyl (C=O) groups excluding carboxylic acids is 1. The number of rotatable bonds is 2. The Labute approximate surface area is 98.2 Å². The van der Waals surface area contributed by atoms with Crippen molar-refractivity contribution in [2.75, 3.05) is 0 Å². The fourth-order valence-corrected chi connectivity index (χ4v) is 1.59. The van der Waals surface area contributed by atoms with Gasteiger partial charge >= 0.3 is 0 Å². The van der Waals surface area contributed by atoms with Crippen molar-refractivity contribution < 1.29 is 4.79 Å². The highest BCUT2D eigenvalue weighted by Crippen LogP contribution is 2.00. The van der Waals surface area contributed by atoms with Crippen molar-refractivity contribution in [1.82, 2.24) is 0 Å². The summed E-state index contributed by atoms with van der Waals surface area (Å²) in [4.78, 5) is 11.6. The van der Waals surface area contributed by atoms with Crippen LogP contribution in [0, 0.1) is 11.5 Å². The molecule has 0 saturated heterocycles. The zero-order valence-electron chi connectivity index (χ0n) is 9.95. The molecule has 2 heteroatoms. The Morgan fingerprint density at radius 1 is 1.19 bits per heavy atom. The van der Waals surface area contributed by atoms with Crippen LogP contribution in [0.1, 0.15) is 10.4 Å². The lowest BCUT2D eigenvalue weighted by atomic mass is 10.1. The highest BCUT2D eigenvalue weighted by molar-refractivity contribution is 6.83. The Hall–Kier alpha value is -1.59. The molecule has 0 atom stereocenters. The van der Waals surface area contributed by atoms with Crippen molar-refractivity contribution in [3.05, 3.63) is 48.0 Å². The van der Waals surface area contributed by atoms with E-state index in [1.54, 1.807) is 18.2 Å². The minimum Gasteiger partial charge on any atom is -0.289 e. The number of hydrogen-bond acceptors (Lipinski definition) is 1. The van der Waals surface area contributed by atoms with Crippen LogP contribution in [0.4, 0.5) is 0 Å². The largest absolute Gasteiger partial charge is 0.289 e. The molecule has 82 valence electrons. The van der Waals surface area contributed by atoms with Gasteiger partial charge in [-0.25, -0.2) is 0 Å². The molecule has 0 aromatic heterocycles. The maximum atomic E-state index is 11.6. The first-order chi connectivity index (χ1) is 7.49. The van der Waals surface area contributed by atoms with Gasteiger partial charge in [-0.3, -0.25) is 4.79 Å². The molecule has 1 aromatic rings. The molecule has 16 heavy (non-hydrogen) atoms. The summed E-state index contributed by atoms with van der Waals surface area (Å²) in [5, 5.41) is 0. The van der Waals surface area contributed by atoms with Crippen LogP contribution >= 0.6 is 0 Å². The lowest BCUT2D eigenvalue weighted by Gasteiger charge is -2.02. The van der Waals surface area contributed by atoms with Crippen LogP contribution in [0.2, 0.25) is 19.6 Å². The first kappa shape index (κ1) is 12.5. The van der Waals surface area contributed by atoms with Crippen molar-refractivity contribution in [2.24, 2.45) is 0 Å². The van der Waals surface area contributed by atoms with Crippen molar-refractivity contribution in [3.63, 3.8) is 0 Å². The van der Waals surface area contributed by atoms with E-state index in [9.17, 15) is 4.79 Å². The summed E-state index contributed by atoms with van der Waals surface area (Å²) < 4.78 is 0. The molecule has 0 N–H and O–H groups in total. The van der Waals surface area contributed by atoms with Crippen LogP contribution in [0.25, 0.3) is 0 Å². The van der Waals surface area contributed by atoms with Gasteiger partial charge in [-0.2, -0.15) is 0 Å². The van der Waals surface area contributed by atoms with E-state index < -0.39 is 8.07 Å². The number of hydrogen-bond donors (Lipinski definition) is 0. The fraction of sp³-hybridized carbons (Fsp3) is 0.214. The van der Waals surface area contributed by atoms with E-state index in [1.807, 2.05) is 18.2 Å². The molecule has 1 aromatic carbocycles. The van der Waals surface area contributed by atoms with Crippen LogP contribution in [-0.4, -0.2) is 13.9 Å². The summed E-state index contributed by atoms with van der Waals surface area (Å²) in [7, 11) is -1.33. The minimum absolute atomic E-state index is 0.00507. The minimum atomic E-state index is -1.33. The molecule has 0 bridgehead atoms. The molecule has 1 nitrogen and oxygen atoms in total. The SMILES string of the molecule is C[Si](C)(C)C#C/C=C\C(=O)c1ccccc1. The Morgan fingerprint density at radius 3 is 2.38 bits per heavy atom. The van der Waals surface area contributed by atoms with Gasteiger partial charge in [-0.05, 0) is 12.2 Å². The third-order valence-corrected chi connectivity index (χ3v) is 2.72. The Kier molecular flexibility index (Phi) is 4.27. The van der Waals surface area contributed by atoms with E-state index in [0.29, 0.717) is 5.56 Å². The summed E-state index contributed by atoms with van der Waals surface area (Å²) in [6, 6.07) is 9.21. The van der Waals surface area contributed by atoms with Crippen LogP contribution < -0.4 is 0 Å². The molecule has 0 aliphatic carbocycles. The lowest BCUT2D eigenvalue weighted by molar-refractivity contribution is 0.104. The van der Waals surface area contributed by atoms with E-state index in [-0.39, 0.29) is 5.78 Å². The van der Waals surface area contributed by atoms with E-state index >= 15 is 0 Å². The average molecular weight is 228 g/mol. The second-order valence-corrected chi connectivity index (χ2v) is 9.33. The molecule has 0 aliphatic rings. The van der Waals surface area contributed by atoms with Crippen molar-refractivity contribution >= 4 is 13.9 Å². The smallest absolute Gasteiger partial charge is 0.186 e. The van der Waals surface area contributed by atoms with Crippen molar-refractivity contribution in [1.29, 1.82) is 0 Å². The van der Waals surface area contributed by atoms with Crippen LogP contribution in [0.5, 0.6) is 0 Å². The topological polar surface area (TPSA) is 17.1 Å². The highest BCUT2D eigenvalue weighted by atomic mass is 28.3. The van der Waals surface area contributed by atoms with Gasteiger partial charge in [-0.1, -0.05) is 55.9 Å². The molecular formula is C14H16OSi. The van der Waals surface area contributed by atoms with Gasteiger partial charge in [0, 0.05) is 5.56 Å². The van der Waals surface area contributed by atoms with Gasteiger partial charge in [0.2, 0.25) is 0 Å². The first-order valence-corrected chi connectivity index (χ1v) is 8.78.